The molecule has 3 nitrogen and oxygen atoms in total. The topological polar surface area (TPSA) is 29.9 Å². The lowest BCUT2D eigenvalue weighted by Crippen LogP contribution is -2.06. The summed E-state index contributed by atoms with van der Waals surface area (Å²) in [6, 6.07) is 8.10. The SMILES string of the molecule is Ic1ccccc1Nn1ccnc1. The van der Waals surface area contributed by atoms with Crippen LogP contribution < -0.4 is 5.43 Å². The molecule has 0 amide bonds. The molecule has 0 aliphatic heterocycles. The maximum Gasteiger partial charge on any atom is 0.114 e. The second-order valence-electron chi connectivity index (χ2n) is 2.56. The number of hydrogen-bond acceptors (Lipinski definition) is 2. The third kappa shape index (κ3) is 2.00. The average Bonchev–Trinajstić information content (AvgIpc) is 2.61. The Hall–Kier alpha value is -1.04. The van der Waals surface area contributed by atoms with Crippen LogP contribution in [0, 0.1) is 3.57 Å². The van der Waals surface area contributed by atoms with E-state index in [0.29, 0.717) is 0 Å². The number of para-hydroxylation sites is 1. The molecule has 0 aliphatic carbocycles. The number of halogens is 1. The Morgan fingerprint density at radius 3 is 2.85 bits per heavy atom. The van der Waals surface area contributed by atoms with Gasteiger partial charge >= 0.3 is 0 Å². The zero-order valence-electron chi connectivity index (χ0n) is 6.81. The number of hydrogen-bond donors (Lipinski definition) is 1. The maximum absolute atomic E-state index is 3.95. The lowest BCUT2D eigenvalue weighted by molar-refractivity contribution is 0.953. The van der Waals surface area contributed by atoms with Crippen molar-refractivity contribution in [2.75, 3.05) is 5.43 Å². The number of imidazole rings is 1. The van der Waals surface area contributed by atoms with Crippen LogP contribution in [0.3, 0.4) is 0 Å². The molecule has 66 valence electrons. The number of anilines is 1. The first-order valence-electron chi connectivity index (χ1n) is 3.86. The number of benzene rings is 1. The smallest absolute Gasteiger partial charge is 0.114 e. The molecule has 0 bridgehead atoms. The van der Waals surface area contributed by atoms with Gasteiger partial charge in [-0.2, -0.15) is 0 Å². The predicted molar refractivity (Wildman–Crippen MR) is 60.4 cm³/mol. The van der Waals surface area contributed by atoms with Gasteiger partial charge in [-0.1, -0.05) is 12.1 Å². The van der Waals surface area contributed by atoms with E-state index in [1.54, 1.807) is 12.5 Å². The van der Waals surface area contributed by atoms with Gasteiger partial charge in [-0.25, -0.2) is 4.98 Å². The minimum Gasteiger partial charge on any atom is -0.292 e. The van der Waals surface area contributed by atoms with Gasteiger partial charge in [0.15, 0.2) is 0 Å². The molecule has 0 fully saturated rings. The van der Waals surface area contributed by atoms with Gasteiger partial charge in [-0.05, 0) is 34.7 Å². The maximum atomic E-state index is 3.95. The molecule has 0 unspecified atom stereocenters. The van der Waals surface area contributed by atoms with Crippen molar-refractivity contribution < 1.29 is 0 Å². The molecule has 4 heteroatoms. The summed E-state index contributed by atoms with van der Waals surface area (Å²) >= 11 is 2.29. The highest BCUT2D eigenvalue weighted by atomic mass is 127. The van der Waals surface area contributed by atoms with Gasteiger partial charge < -0.3 is 0 Å². The third-order valence-electron chi connectivity index (χ3n) is 1.63. The summed E-state index contributed by atoms with van der Waals surface area (Å²) in [7, 11) is 0. The number of aromatic nitrogens is 2. The first-order chi connectivity index (χ1) is 6.36. The van der Waals surface area contributed by atoms with Crippen LogP contribution in [0.1, 0.15) is 0 Å². The molecule has 0 radical (unpaired) electrons. The van der Waals surface area contributed by atoms with E-state index in [4.69, 9.17) is 0 Å². The normalized spacial score (nSPS) is 9.92. The summed E-state index contributed by atoms with van der Waals surface area (Å²) in [5.74, 6) is 0. The molecule has 0 saturated carbocycles. The third-order valence-corrected chi connectivity index (χ3v) is 2.57. The van der Waals surface area contributed by atoms with Crippen molar-refractivity contribution in [3.8, 4) is 0 Å². The fourth-order valence-electron chi connectivity index (χ4n) is 1.02. The second kappa shape index (κ2) is 3.78. The highest BCUT2D eigenvalue weighted by Gasteiger charge is 1.96. The molecular weight excluding hydrogens is 277 g/mol. The van der Waals surface area contributed by atoms with Gasteiger partial charge in [0, 0.05) is 16.0 Å². The minimum atomic E-state index is 1.08. The molecule has 2 aromatic rings. The first-order valence-corrected chi connectivity index (χ1v) is 4.93. The Kier molecular flexibility index (Phi) is 2.49. The summed E-state index contributed by atoms with van der Waals surface area (Å²) in [5, 5.41) is 0. The van der Waals surface area contributed by atoms with Crippen molar-refractivity contribution in [1.82, 2.24) is 9.66 Å². The van der Waals surface area contributed by atoms with E-state index in [-0.39, 0.29) is 0 Å². The molecule has 1 aromatic carbocycles. The van der Waals surface area contributed by atoms with Gasteiger partial charge in [0.1, 0.15) is 6.33 Å². The largest absolute Gasteiger partial charge is 0.292 e. The molecule has 0 aliphatic rings. The van der Waals surface area contributed by atoms with Crippen molar-refractivity contribution in [2.45, 2.75) is 0 Å². The van der Waals surface area contributed by atoms with E-state index in [0.717, 1.165) is 5.69 Å². The summed E-state index contributed by atoms with van der Waals surface area (Å²) in [6.45, 7) is 0. The van der Waals surface area contributed by atoms with Crippen LogP contribution in [-0.4, -0.2) is 9.66 Å². The highest BCUT2D eigenvalue weighted by Crippen LogP contribution is 2.16. The van der Waals surface area contributed by atoms with Gasteiger partial charge in [0.05, 0.1) is 5.69 Å². The first kappa shape index (κ1) is 8.55. The second-order valence-corrected chi connectivity index (χ2v) is 3.72. The van der Waals surface area contributed by atoms with Crippen molar-refractivity contribution in [3.63, 3.8) is 0 Å². The van der Waals surface area contributed by atoms with Gasteiger partial charge in [0.25, 0.3) is 0 Å². The zero-order valence-corrected chi connectivity index (χ0v) is 8.97. The molecular formula is C9H8IN3. The molecule has 2 rings (SSSR count). The molecule has 13 heavy (non-hydrogen) atoms. The van der Waals surface area contributed by atoms with Crippen LogP contribution in [-0.2, 0) is 0 Å². The fourth-order valence-corrected chi connectivity index (χ4v) is 1.52. The molecule has 1 N–H and O–H groups in total. The minimum absolute atomic E-state index is 1.08. The van der Waals surface area contributed by atoms with Crippen LogP contribution >= 0.6 is 22.6 Å². The van der Waals surface area contributed by atoms with Crippen LogP contribution in [0.25, 0.3) is 0 Å². The van der Waals surface area contributed by atoms with Crippen LogP contribution in [0.15, 0.2) is 43.0 Å². The lowest BCUT2D eigenvalue weighted by atomic mass is 10.3. The van der Waals surface area contributed by atoms with Crippen LogP contribution in [0.5, 0.6) is 0 Å². The average molecular weight is 285 g/mol. The highest BCUT2D eigenvalue weighted by molar-refractivity contribution is 14.1. The van der Waals surface area contributed by atoms with Crippen LogP contribution in [0.4, 0.5) is 5.69 Å². The van der Waals surface area contributed by atoms with E-state index in [1.807, 2.05) is 29.1 Å². The predicted octanol–water partition coefficient (Wildman–Crippen LogP) is 2.36. The van der Waals surface area contributed by atoms with Crippen molar-refractivity contribution >= 4 is 28.3 Å². The Bertz CT molecular complexity index is 384. The van der Waals surface area contributed by atoms with E-state index in [2.05, 4.69) is 39.1 Å². The summed E-state index contributed by atoms with van der Waals surface area (Å²) < 4.78 is 3.01. The Labute approximate surface area is 89.9 Å². The summed E-state index contributed by atoms with van der Waals surface area (Å²) in [6.07, 6.45) is 5.33. The van der Waals surface area contributed by atoms with Gasteiger partial charge in [0.2, 0.25) is 0 Å². The number of nitrogens with zero attached hydrogens (tertiary/aromatic N) is 2. The Morgan fingerprint density at radius 2 is 2.15 bits per heavy atom. The Balaban J connectivity index is 2.24. The quantitative estimate of drug-likeness (QED) is 0.858. The summed E-state index contributed by atoms with van der Waals surface area (Å²) in [5.41, 5.74) is 4.28. The van der Waals surface area contributed by atoms with Gasteiger partial charge in [-0.15, -0.1) is 0 Å². The van der Waals surface area contributed by atoms with E-state index in [9.17, 15) is 0 Å². The van der Waals surface area contributed by atoms with E-state index < -0.39 is 0 Å². The van der Waals surface area contributed by atoms with Crippen molar-refractivity contribution in [2.24, 2.45) is 0 Å². The number of nitrogens with one attached hydrogen (secondary N) is 1. The molecule has 1 heterocycles. The molecule has 0 spiro atoms. The van der Waals surface area contributed by atoms with E-state index in [1.165, 1.54) is 3.57 Å². The van der Waals surface area contributed by atoms with Crippen LogP contribution in [0.2, 0.25) is 0 Å². The lowest BCUT2D eigenvalue weighted by Gasteiger charge is -2.07. The molecule has 0 atom stereocenters. The monoisotopic (exact) mass is 285 g/mol. The summed E-state index contributed by atoms with van der Waals surface area (Å²) in [4.78, 5) is 3.95. The van der Waals surface area contributed by atoms with Gasteiger partial charge in [-0.3, -0.25) is 10.1 Å². The number of rotatable bonds is 2. The molecule has 1 aromatic heterocycles. The standard InChI is InChI=1S/C9H8IN3/c10-8-3-1-2-4-9(8)12-13-6-5-11-7-13/h1-7,12H. The fraction of sp³-hybridized carbons (Fsp3) is 0. The zero-order chi connectivity index (χ0) is 9.10. The molecule has 0 saturated heterocycles. The van der Waals surface area contributed by atoms with E-state index >= 15 is 0 Å². The Morgan fingerprint density at radius 1 is 1.31 bits per heavy atom. The van der Waals surface area contributed by atoms with Crippen molar-refractivity contribution in [3.05, 3.63) is 46.6 Å². The van der Waals surface area contributed by atoms with Crippen molar-refractivity contribution in [1.29, 1.82) is 0 Å².